The highest BCUT2D eigenvalue weighted by Crippen LogP contribution is 2.33. The largest absolute Gasteiger partial charge is 0.374 e. The van der Waals surface area contributed by atoms with Gasteiger partial charge in [0.1, 0.15) is 6.04 Å². The van der Waals surface area contributed by atoms with E-state index >= 15 is 0 Å². The van der Waals surface area contributed by atoms with Gasteiger partial charge in [0.05, 0.1) is 24.7 Å². The van der Waals surface area contributed by atoms with E-state index in [4.69, 9.17) is 5.26 Å². The molecule has 2 amide bonds. The molecule has 5 rings (SSSR count). The van der Waals surface area contributed by atoms with E-state index in [1.165, 1.54) is 11.3 Å². The molecule has 1 fully saturated rings. The van der Waals surface area contributed by atoms with Gasteiger partial charge in [-0.2, -0.15) is 5.26 Å². The van der Waals surface area contributed by atoms with Crippen molar-refractivity contribution in [1.29, 1.82) is 5.26 Å². The zero-order valence-electron chi connectivity index (χ0n) is 20.2. The minimum atomic E-state index is -3.15. The zero-order chi connectivity index (χ0) is 26.3. The van der Waals surface area contributed by atoms with Crippen LogP contribution in [0.25, 0.3) is 22.0 Å². The number of carbonyl (C=O) groups is 2. The molecule has 190 valence electrons. The van der Waals surface area contributed by atoms with Crippen molar-refractivity contribution < 1.29 is 18.4 Å². The summed E-state index contributed by atoms with van der Waals surface area (Å²) in [7, 11) is 2.06. The van der Waals surface area contributed by atoms with Gasteiger partial charge in [-0.25, -0.2) is 8.78 Å². The van der Waals surface area contributed by atoms with Crippen LogP contribution in [0.1, 0.15) is 28.8 Å². The van der Waals surface area contributed by atoms with Crippen molar-refractivity contribution >= 4 is 28.4 Å². The molecule has 3 aromatic rings. The Hall–Kier alpha value is -4.26. The predicted molar refractivity (Wildman–Crippen MR) is 135 cm³/mol. The molecule has 37 heavy (non-hydrogen) atoms. The smallest absolute Gasteiger partial charge is 0.268 e. The molecule has 0 saturated carbocycles. The van der Waals surface area contributed by atoms with Crippen LogP contribution in [-0.2, 0) is 11.2 Å². The van der Waals surface area contributed by atoms with Crippen LogP contribution in [0, 0.1) is 11.3 Å². The normalized spacial score (nSPS) is 18.4. The summed E-state index contributed by atoms with van der Waals surface area (Å²) >= 11 is 0. The number of aromatic nitrogens is 1. The maximum atomic E-state index is 13.7. The molecule has 1 aromatic heterocycles. The number of benzene rings is 2. The summed E-state index contributed by atoms with van der Waals surface area (Å²) in [5.74, 6) is -4.62. The molecule has 2 aliphatic heterocycles. The number of hydrogen-bond acceptors (Lipinski definition) is 5. The Kier molecular flexibility index (Phi) is 6.15. The number of hydrogen-bond donors (Lipinski definition) is 2. The Balaban J connectivity index is 1.41. The van der Waals surface area contributed by atoms with Crippen LogP contribution >= 0.6 is 0 Å². The number of pyridine rings is 1. The summed E-state index contributed by atoms with van der Waals surface area (Å²) in [5, 5.41) is 12.0. The van der Waals surface area contributed by atoms with Crippen LogP contribution in [-0.4, -0.2) is 60.3 Å². The van der Waals surface area contributed by atoms with Gasteiger partial charge in [0.15, 0.2) is 0 Å². The lowest BCUT2D eigenvalue weighted by Gasteiger charge is -2.27. The second-order valence-corrected chi connectivity index (χ2v) is 9.59. The quantitative estimate of drug-likeness (QED) is 0.567. The van der Waals surface area contributed by atoms with Gasteiger partial charge in [0.2, 0.25) is 11.5 Å². The topological polar surface area (TPSA) is 109 Å². The molecular formula is C27H25F2N5O3. The maximum Gasteiger partial charge on any atom is 0.268 e. The van der Waals surface area contributed by atoms with Crippen LogP contribution in [0.15, 0.2) is 47.3 Å². The molecule has 0 aliphatic carbocycles. The van der Waals surface area contributed by atoms with Crippen molar-refractivity contribution in [2.75, 3.05) is 31.6 Å². The van der Waals surface area contributed by atoms with Gasteiger partial charge in [-0.05, 0) is 53.8 Å². The lowest BCUT2D eigenvalue weighted by molar-refractivity contribution is -0.131. The fraction of sp³-hybridized carbons (Fsp3) is 0.333. The second-order valence-electron chi connectivity index (χ2n) is 9.59. The van der Waals surface area contributed by atoms with Crippen LogP contribution < -0.4 is 15.8 Å². The number of anilines is 1. The predicted octanol–water partition coefficient (Wildman–Crippen LogP) is 3.07. The number of alkyl halides is 2. The standard InChI is InChI=1S/C27H25F2N5O3/c1-33-8-2-3-18-9-16(5-7-23(18)33)17-4-6-22-20(10-17)21(11-24(35)32-22)26(37)31-14-25(36)34-15-27(28,29)12-19(34)13-30/h4-7,9-11,19H,2-3,8,12,14-15H2,1H3,(H,31,37)(H,32,35). The lowest BCUT2D eigenvalue weighted by Crippen LogP contribution is -2.43. The highest BCUT2D eigenvalue weighted by Gasteiger charge is 2.47. The van der Waals surface area contributed by atoms with Gasteiger partial charge < -0.3 is 20.1 Å². The SMILES string of the molecule is CN1CCCc2cc(-c3ccc4[nH]c(=O)cc(C(=O)NCC(=O)N5CC(F)(F)CC5C#N)c4c3)ccc21. The number of rotatable bonds is 4. The fourth-order valence-corrected chi connectivity index (χ4v) is 5.13. The summed E-state index contributed by atoms with van der Waals surface area (Å²) in [5.41, 5.74) is 4.30. The number of aromatic amines is 1. The first-order valence-electron chi connectivity index (χ1n) is 12.0. The number of likely N-dealkylation sites (tertiary alicyclic amines) is 1. The third kappa shape index (κ3) is 4.77. The van der Waals surface area contributed by atoms with Crippen molar-refractivity contribution in [3.8, 4) is 17.2 Å². The summed E-state index contributed by atoms with van der Waals surface area (Å²) in [6, 6.07) is 13.2. The molecular weight excluding hydrogens is 480 g/mol. The number of fused-ring (bicyclic) bond motifs is 2. The first kappa shape index (κ1) is 24.4. The number of halogens is 2. The van der Waals surface area contributed by atoms with Gasteiger partial charge in [-0.1, -0.05) is 12.1 Å². The molecule has 10 heteroatoms. The van der Waals surface area contributed by atoms with Gasteiger partial charge in [0.25, 0.3) is 11.8 Å². The highest BCUT2D eigenvalue weighted by atomic mass is 19.3. The first-order valence-corrected chi connectivity index (χ1v) is 12.0. The Morgan fingerprint density at radius 1 is 1.19 bits per heavy atom. The van der Waals surface area contributed by atoms with Crippen LogP contribution in [0.4, 0.5) is 14.5 Å². The highest BCUT2D eigenvalue weighted by molar-refractivity contribution is 6.07. The maximum absolute atomic E-state index is 13.7. The molecule has 0 radical (unpaired) electrons. The molecule has 0 bridgehead atoms. The molecule has 1 unspecified atom stereocenters. The number of carbonyl (C=O) groups excluding carboxylic acids is 2. The van der Waals surface area contributed by atoms with Crippen molar-refractivity contribution in [1.82, 2.24) is 15.2 Å². The third-order valence-electron chi connectivity index (χ3n) is 6.99. The minimum absolute atomic E-state index is 0.0645. The molecule has 1 atom stereocenters. The second kappa shape index (κ2) is 9.32. The Bertz CT molecular complexity index is 1510. The molecule has 2 aliphatic rings. The summed E-state index contributed by atoms with van der Waals surface area (Å²) in [6.45, 7) is -0.429. The fourth-order valence-electron chi connectivity index (χ4n) is 5.13. The minimum Gasteiger partial charge on any atom is -0.374 e. The van der Waals surface area contributed by atoms with Gasteiger partial charge >= 0.3 is 0 Å². The average Bonchev–Trinajstić information content (AvgIpc) is 3.20. The number of H-pyrrole nitrogens is 1. The zero-order valence-corrected chi connectivity index (χ0v) is 20.2. The Labute approximate surface area is 211 Å². The van der Waals surface area contributed by atoms with Gasteiger partial charge in [-0.3, -0.25) is 14.4 Å². The molecule has 0 spiro atoms. The van der Waals surface area contributed by atoms with E-state index < -0.39 is 48.8 Å². The molecule has 8 nitrogen and oxygen atoms in total. The van der Waals surface area contributed by atoms with E-state index in [0.29, 0.717) is 10.9 Å². The molecule has 3 heterocycles. The Morgan fingerprint density at radius 3 is 2.73 bits per heavy atom. The number of amides is 2. The monoisotopic (exact) mass is 505 g/mol. The van der Waals surface area contributed by atoms with Gasteiger partial charge in [-0.15, -0.1) is 0 Å². The number of aryl methyl sites for hydroxylation is 1. The number of nitrogens with zero attached hydrogens (tertiary/aromatic N) is 3. The van der Waals surface area contributed by atoms with Crippen LogP contribution in [0.5, 0.6) is 0 Å². The Morgan fingerprint density at radius 2 is 1.95 bits per heavy atom. The van der Waals surface area contributed by atoms with Crippen LogP contribution in [0.3, 0.4) is 0 Å². The molecule has 2 aromatic carbocycles. The first-order chi connectivity index (χ1) is 17.6. The number of nitrogens with one attached hydrogen (secondary N) is 2. The third-order valence-corrected chi connectivity index (χ3v) is 6.99. The van der Waals surface area contributed by atoms with Crippen molar-refractivity contribution in [2.24, 2.45) is 0 Å². The van der Waals surface area contributed by atoms with Gasteiger partial charge in [0, 0.05) is 42.7 Å². The average molecular weight is 506 g/mol. The summed E-state index contributed by atoms with van der Waals surface area (Å²) in [6.07, 6.45) is 1.31. The van der Waals surface area contributed by atoms with Crippen molar-refractivity contribution in [2.45, 2.75) is 31.2 Å². The van der Waals surface area contributed by atoms with E-state index in [2.05, 4.69) is 34.4 Å². The summed E-state index contributed by atoms with van der Waals surface area (Å²) in [4.78, 5) is 43.5. The van der Waals surface area contributed by atoms with Crippen molar-refractivity contribution in [3.63, 3.8) is 0 Å². The lowest BCUT2D eigenvalue weighted by atomic mass is 9.95. The van der Waals surface area contributed by atoms with E-state index in [9.17, 15) is 23.2 Å². The van der Waals surface area contributed by atoms with E-state index in [1.54, 1.807) is 12.1 Å². The number of nitriles is 1. The van der Waals surface area contributed by atoms with Crippen LogP contribution in [0.2, 0.25) is 0 Å². The molecule has 1 saturated heterocycles. The molecule has 2 N–H and O–H groups in total. The summed E-state index contributed by atoms with van der Waals surface area (Å²) < 4.78 is 27.4. The van der Waals surface area contributed by atoms with E-state index in [1.807, 2.05) is 18.2 Å². The van der Waals surface area contributed by atoms with E-state index in [0.717, 1.165) is 41.5 Å². The van der Waals surface area contributed by atoms with Crippen molar-refractivity contribution in [3.05, 3.63) is 63.9 Å². The van der Waals surface area contributed by atoms with E-state index in [-0.39, 0.29) is 5.56 Å².